The van der Waals surface area contributed by atoms with Gasteiger partial charge in [0.1, 0.15) is 5.82 Å². The van der Waals surface area contributed by atoms with Crippen molar-refractivity contribution in [2.24, 2.45) is 5.92 Å². The number of rotatable bonds is 6. The topological polar surface area (TPSA) is 66.5 Å². The number of nitrogens with zero attached hydrogens (tertiary/aromatic N) is 1. The van der Waals surface area contributed by atoms with Crippen molar-refractivity contribution >= 4 is 39.1 Å². The summed E-state index contributed by atoms with van der Waals surface area (Å²) >= 11 is 11.9. The van der Waals surface area contributed by atoms with Crippen molar-refractivity contribution in [3.05, 3.63) is 69.5 Å². The number of carbonyl (C=O) groups excluding carboxylic acids is 1. The van der Waals surface area contributed by atoms with Crippen LogP contribution in [-0.2, 0) is 27.1 Å². The van der Waals surface area contributed by atoms with Gasteiger partial charge in [0.15, 0.2) is 0 Å². The molecule has 1 fully saturated rings. The Morgan fingerprint density at radius 3 is 2.48 bits per heavy atom. The number of amides is 1. The number of nitrogens with one attached hydrogen (secondary N) is 1. The zero-order valence-electron chi connectivity index (χ0n) is 15.6. The highest BCUT2D eigenvalue weighted by molar-refractivity contribution is 7.88. The minimum atomic E-state index is -3.59. The molecule has 0 unspecified atom stereocenters. The number of hydrogen-bond donors (Lipinski definition) is 1. The van der Waals surface area contributed by atoms with Crippen LogP contribution >= 0.6 is 23.2 Å². The van der Waals surface area contributed by atoms with Crippen LogP contribution in [0.2, 0.25) is 10.0 Å². The van der Waals surface area contributed by atoms with Gasteiger partial charge in [-0.05, 0) is 48.2 Å². The second kappa shape index (κ2) is 9.43. The van der Waals surface area contributed by atoms with E-state index in [1.807, 2.05) is 0 Å². The minimum Gasteiger partial charge on any atom is -0.352 e. The fourth-order valence-electron chi connectivity index (χ4n) is 3.28. The molecule has 0 bridgehead atoms. The Balaban J connectivity index is 1.60. The number of sulfonamides is 1. The van der Waals surface area contributed by atoms with Gasteiger partial charge in [-0.3, -0.25) is 4.79 Å². The molecule has 0 radical (unpaired) electrons. The van der Waals surface area contributed by atoms with E-state index in [0.29, 0.717) is 35.0 Å². The second-order valence-corrected chi connectivity index (χ2v) is 9.83. The van der Waals surface area contributed by atoms with Gasteiger partial charge in [-0.2, -0.15) is 0 Å². The molecule has 3 rings (SSSR count). The maximum Gasteiger partial charge on any atom is 0.224 e. The first-order valence-corrected chi connectivity index (χ1v) is 11.5. The Morgan fingerprint density at radius 1 is 1.10 bits per heavy atom. The van der Waals surface area contributed by atoms with Crippen LogP contribution in [0, 0.1) is 11.7 Å². The molecule has 0 aromatic heterocycles. The van der Waals surface area contributed by atoms with Crippen molar-refractivity contribution in [3.63, 3.8) is 0 Å². The highest BCUT2D eigenvalue weighted by Crippen LogP contribution is 2.26. The van der Waals surface area contributed by atoms with Crippen LogP contribution in [0.4, 0.5) is 4.39 Å². The highest BCUT2D eigenvalue weighted by atomic mass is 35.5. The van der Waals surface area contributed by atoms with E-state index in [0.717, 1.165) is 5.56 Å². The Bertz CT molecular complexity index is 984. The van der Waals surface area contributed by atoms with E-state index in [1.165, 1.54) is 22.5 Å². The normalized spacial score (nSPS) is 17.8. The lowest BCUT2D eigenvalue weighted by Gasteiger charge is -2.31. The Hall–Kier alpha value is -1.67. The molecule has 2 aromatic rings. The predicted molar refractivity (Wildman–Crippen MR) is 112 cm³/mol. The molecule has 0 aliphatic carbocycles. The molecule has 1 atom stereocenters. The van der Waals surface area contributed by atoms with Gasteiger partial charge in [-0.25, -0.2) is 17.1 Å². The molecule has 5 nitrogen and oxygen atoms in total. The average Bonchev–Trinajstić information content (AvgIpc) is 2.70. The van der Waals surface area contributed by atoms with Crippen LogP contribution in [0.5, 0.6) is 0 Å². The van der Waals surface area contributed by atoms with Crippen molar-refractivity contribution < 1.29 is 17.6 Å². The Morgan fingerprint density at radius 2 is 1.79 bits per heavy atom. The summed E-state index contributed by atoms with van der Waals surface area (Å²) in [4.78, 5) is 12.5. The molecule has 1 N–H and O–H groups in total. The van der Waals surface area contributed by atoms with Crippen molar-refractivity contribution in [2.45, 2.75) is 25.1 Å². The first kappa shape index (κ1) is 22.0. The molecule has 1 saturated heterocycles. The van der Waals surface area contributed by atoms with Crippen molar-refractivity contribution in [2.75, 3.05) is 13.1 Å². The van der Waals surface area contributed by atoms with Crippen molar-refractivity contribution in [3.8, 4) is 0 Å². The van der Waals surface area contributed by atoms with Crippen LogP contribution in [0.25, 0.3) is 0 Å². The van der Waals surface area contributed by atoms with Crippen LogP contribution in [0.1, 0.15) is 24.0 Å². The maximum atomic E-state index is 13.0. The number of piperidine rings is 1. The molecular weight excluding hydrogens is 438 g/mol. The van der Waals surface area contributed by atoms with Gasteiger partial charge in [-0.15, -0.1) is 0 Å². The number of hydrogen-bond acceptors (Lipinski definition) is 3. The number of halogens is 3. The smallest absolute Gasteiger partial charge is 0.224 e. The molecule has 2 aromatic carbocycles. The summed E-state index contributed by atoms with van der Waals surface area (Å²) in [5.41, 5.74) is 1.32. The van der Waals surface area contributed by atoms with E-state index < -0.39 is 15.9 Å². The van der Waals surface area contributed by atoms with Gasteiger partial charge >= 0.3 is 0 Å². The summed E-state index contributed by atoms with van der Waals surface area (Å²) in [6.45, 7) is 0.788. The summed E-state index contributed by atoms with van der Waals surface area (Å²) in [5.74, 6) is -1.17. The van der Waals surface area contributed by atoms with Gasteiger partial charge in [0.2, 0.25) is 15.9 Å². The van der Waals surface area contributed by atoms with E-state index >= 15 is 0 Å². The predicted octanol–water partition coefficient (Wildman–Crippen LogP) is 3.99. The minimum absolute atomic E-state index is 0.138. The summed E-state index contributed by atoms with van der Waals surface area (Å²) in [6, 6.07) is 10.6. The standard InChI is InChI=1S/C20H21Cl2FN2O3S/c21-18-8-5-15(10-19(18)22)13-29(27,28)25-9-1-2-16(12-25)20(26)24-11-14-3-6-17(23)7-4-14/h3-8,10,16H,1-2,9,11-13H2,(H,24,26)/t16-/m0/s1. The second-order valence-electron chi connectivity index (χ2n) is 7.05. The zero-order valence-corrected chi connectivity index (χ0v) is 17.9. The Labute approximate surface area is 179 Å². The molecule has 9 heteroatoms. The summed E-state index contributed by atoms with van der Waals surface area (Å²) in [7, 11) is -3.59. The van der Waals surface area contributed by atoms with Crippen molar-refractivity contribution in [1.29, 1.82) is 0 Å². The van der Waals surface area contributed by atoms with Crippen LogP contribution in [0.15, 0.2) is 42.5 Å². The van der Waals surface area contributed by atoms with Gasteiger partial charge in [-0.1, -0.05) is 41.4 Å². The number of benzene rings is 2. The lowest BCUT2D eigenvalue weighted by molar-refractivity contribution is -0.126. The van der Waals surface area contributed by atoms with Gasteiger partial charge in [0.05, 0.1) is 21.7 Å². The van der Waals surface area contributed by atoms with Crippen LogP contribution in [0.3, 0.4) is 0 Å². The monoisotopic (exact) mass is 458 g/mol. The van der Waals surface area contributed by atoms with E-state index in [1.54, 1.807) is 24.3 Å². The van der Waals surface area contributed by atoms with Gasteiger partial charge in [0.25, 0.3) is 0 Å². The molecular formula is C20H21Cl2FN2O3S. The quantitative estimate of drug-likeness (QED) is 0.711. The van der Waals surface area contributed by atoms with Gasteiger partial charge in [0, 0.05) is 19.6 Å². The van der Waals surface area contributed by atoms with Gasteiger partial charge < -0.3 is 5.32 Å². The lowest BCUT2D eigenvalue weighted by atomic mass is 9.99. The van der Waals surface area contributed by atoms with Crippen LogP contribution in [-0.4, -0.2) is 31.7 Å². The Kier molecular flexibility index (Phi) is 7.16. The highest BCUT2D eigenvalue weighted by Gasteiger charge is 2.32. The molecule has 1 heterocycles. The summed E-state index contributed by atoms with van der Waals surface area (Å²) in [6.07, 6.45) is 1.23. The average molecular weight is 459 g/mol. The summed E-state index contributed by atoms with van der Waals surface area (Å²) < 4.78 is 40.0. The molecule has 29 heavy (non-hydrogen) atoms. The molecule has 1 aliphatic rings. The maximum absolute atomic E-state index is 13.0. The third-order valence-corrected chi connectivity index (χ3v) is 7.42. The fourth-order valence-corrected chi connectivity index (χ4v) is 5.19. The molecule has 0 saturated carbocycles. The third kappa shape index (κ3) is 5.92. The zero-order chi connectivity index (χ0) is 21.0. The van der Waals surface area contributed by atoms with E-state index in [2.05, 4.69) is 5.32 Å². The molecule has 0 spiro atoms. The third-order valence-electron chi connectivity index (χ3n) is 4.86. The first-order chi connectivity index (χ1) is 13.7. The molecule has 156 valence electrons. The summed E-state index contributed by atoms with van der Waals surface area (Å²) in [5, 5.41) is 3.47. The van der Waals surface area contributed by atoms with Crippen molar-refractivity contribution in [1.82, 2.24) is 9.62 Å². The fraction of sp³-hybridized carbons (Fsp3) is 0.350. The van der Waals surface area contributed by atoms with E-state index in [-0.39, 0.29) is 30.6 Å². The lowest BCUT2D eigenvalue weighted by Crippen LogP contribution is -2.45. The van der Waals surface area contributed by atoms with E-state index in [9.17, 15) is 17.6 Å². The largest absolute Gasteiger partial charge is 0.352 e. The molecule has 1 amide bonds. The van der Waals surface area contributed by atoms with E-state index in [4.69, 9.17) is 23.2 Å². The van der Waals surface area contributed by atoms with Crippen LogP contribution < -0.4 is 5.32 Å². The molecule has 1 aliphatic heterocycles. The first-order valence-electron chi connectivity index (χ1n) is 9.18. The SMILES string of the molecule is O=C(NCc1ccc(F)cc1)[C@H]1CCCN(S(=O)(=O)Cc2ccc(Cl)c(Cl)c2)C1. The number of carbonyl (C=O) groups is 1.